The SMILES string of the molecule is COc1cccc(NC(=O)[C@@H]2CC(=O)N(Cc3cccs3)C(=Nc3ccc(F)cc3)S2)c1. The Morgan fingerprint density at radius 3 is 2.75 bits per heavy atom. The van der Waals surface area contributed by atoms with E-state index in [9.17, 15) is 14.0 Å². The van der Waals surface area contributed by atoms with Crippen molar-refractivity contribution in [1.82, 2.24) is 4.90 Å². The molecule has 1 saturated heterocycles. The quantitative estimate of drug-likeness (QED) is 0.548. The van der Waals surface area contributed by atoms with Crippen molar-refractivity contribution in [2.75, 3.05) is 12.4 Å². The number of methoxy groups -OCH3 is 1. The number of nitrogens with one attached hydrogen (secondary N) is 1. The highest BCUT2D eigenvalue weighted by Gasteiger charge is 2.36. The molecule has 164 valence electrons. The zero-order valence-corrected chi connectivity index (χ0v) is 18.8. The highest BCUT2D eigenvalue weighted by atomic mass is 32.2. The van der Waals surface area contributed by atoms with Gasteiger partial charge < -0.3 is 10.1 Å². The van der Waals surface area contributed by atoms with Gasteiger partial charge in [-0.3, -0.25) is 14.5 Å². The van der Waals surface area contributed by atoms with E-state index in [1.54, 1.807) is 47.6 Å². The summed E-state index contributed by atoms with van der Waals surface area (Å²) in [4.78, 5) is 33.1. The number of thiophene rings is 1. The standard InChI is InChI=1S/C23H20FN3O3S2/c1-30-18-5-2-4-17(12-18)25-22(29)20-13-21(28)27(14-19-6-3-11-31-19)23(32-20)26-16-9-7-15(24)8-10-16/h2-12,20H,13-14H2,1H3,(H,25,29)/t20-/m0/s1. The summed E-state index contributed by atoms with van der Waals surface area (Å²) in [6, 6.07) is 16.6. The third kappa shape index (κ3) is 5.35. The van der Waals surface area contributed by atoms with Crippen LogP contribution in [0.4, 0.5) is 15.8 Å². The van der Waals surface area contributed by atoms with Crippen LogP contribution < -0.4 is 10.1 Å². The van der Waals surface area contributed by atoms with Crippen LogP contribution in [0.1, 0.15) is 11.3 Å². The van der Waals surface area contributed by atoms with Crippen molar-refractivity contribution in [3.05, 3.63) is 76.7 Å². The van der Waals surface area contributed by atoms with E-state index in [0.717, 1.165) is 4.88 Å². The first-order chi connectivity index (χ1) is 15.5. The molecule has 2 aromatic carbocycles. The van der Waals surface area contributed by atoms with E-state index in [0.29, 0.717) is 28.8 Å². The Kier molecular flexibility index (Phi) is 6.87. The van der Waals surface area contributed by atoms with Crippen LogP contribution in [0.5, 0.6) is 5.75 Å². The van der Waals surface area contributed by atoms with E-state index in [1.807, 2.05) is 17.5 Å². The lowest BCUT2D eigenvalue weighted by Crippen LogP contribution is -2.44. The zero-order chi connectivity index (χ0) is 22.5. The maximum absolute atomic E-state index is 13.3. The highest BCUT2D eigenvalue weighted by molar-refractivity contribution is 8.15. The second kappa shape index (κ2) is 9.97. The summed E-state index contributed by atoms with van der Waals surface area (Å²) in [5.41, 5.74) is 1.09. The van der Waals surface area contributed by atoms with Crippen molar-refractivity contribution >= 4 is 51.5 Å². The average Bonchev–Trinajstić information content (AvgIpc) is 3.31. The van der Waals surface area contributed by atoms with Crippen molar-refractivity contribution in [3.8, 4) is 5.75 Å². The zero-order valence-electron chi connectivity index (χ0n) is 17.2. The Morgan fingerprint density at radius 1 is 1.22 bits per heavy atom. The molecule has 3 aromatic rings. The summed E-state index contributed by atoms with van der Waals surface area (Å²) in [5, 5.41) is 4.55. The van der Waals surface area contributed by atoms with Crippen LogP contribution in [0.2, 0.25) is 0 Å². The molecule has 32 heavy (non-hydrogen) atoms. The molecule has 0 aliphatic carbocycles. The Balaban J connectivity index is 1.57. The maximum Gasteiger partial charge on any atom is 0.238 e. The van der Waals surface area contributed by atoms with Gasteiger partial charge in [0.2, 0.25) is 11.8 Å². The van der Waals surface area contributed by atoms with E-state index < -0.39 is 5.25 Å². The summed E-state index contributed by atoms with van der Waals surface area (Å²) >= 11 is 2.77. The molecular formula is C23H20FN3O3S2. The van der Waals surface area contributed by atoms with Crippen molar-refractivity contribution in [2.24, 2.45) is 4.99 Å². The molecule has 0 saturated carbocycles. The molecule has 1 N–H and O–H groups in total. The minimum Gasteiger partial charge on any atom is -0.497 e. The molecule has 0 spiro atoms. The summed E-state index contributed by atoms with van der Waals surface area (Å²) in [6.07, 6.45) is 0.0499. The largest absolute Gasteiger partial charge is 0.497 e. The van der Waals surface area contributed by atoms with Gasteiger partial charge in [-0.15, -0.1) is 11.3 Å². The molecule has 6 nitrogen and oxygen atoms in total. The smallest absolute Gasteiger partial charge is 0.238 e. The van der Waals surface area contributed by atoms with E-state index >= 15 is 0 Å². The number of thioether (sulfide) groups is 1. The number of carbonyl (C=O) groups excluding carboxylic acids is 2. The summed E-state index contributed by atoms with van der Waals surface area (Å²) in [5.74, 6) is -0.230. The van der Waals surface area contributed by atoms with Crippen LogP contribution in [-0.2, 0) is 16.1 Å². The molecule has 2 heterocycles. The highest BCUT2D eigenvalue weighted by Crippen LogP contribution is 2.32. The maximum atomic E-state index is 13.3. The first-order valence-electron chi connectivity index (χ1n) is 9.80. The van der Waals surface area contributed by atoms with Crippen LogP contribution in [-0.4, -0.2) is 34.2 Å². The molecule has 1 aliphatic rings. The number of hydrogen-bond donors (Lipinski definition) is 1. The van der Waals surface area contributed by atoms with Gasteiger partial charge >= 0.3 is 0 Å². The van der Waals surface area contributed by atoms with Gasteiger partial charge in [-0.05, 0) is 47.8 Å². The van der Waals surface area contributed by atoms with Crippen LogP contribution in [0.3, 0.4) is 0 Å². The van der Waals surface area contributed by atoms with E-state index in [2.05, 4.69) is 10.3 Å². The lowest BCUT2D eigenvalue weighted by molar-refractivity contribution is -0.129. The Hall–Kier alpha value is -3.17. The minimum absolute atomic E-state index is 0.0499. The van der Waals surface area contributed by atoms with Crippen molar-refractivity contribution in [3.63, 3.8) is 0 Å². The average molecular weight is 470 g/mol. The fourth-order valence-electron chi connectivity index (χ4n) is 3.10. The number of hydrogen-bond acceptors (Lipinski definition) is 6. The second-order valence-corrected chi connectivity index (χ2v) is 9.16. The topological polar surface area (TPSA) is 71.0 Å². The fourth-order valence-corrected chi connectivity index (χ4v) is 4.90. The van der Waals surface area contributed by atoms with Gasteiger partial charge in [0.15, 0.2) is 5.17 Å². The molecule has 1 fully saturated rings. The molecule has 1 aromatic heterocycles. The number of amides is 2. The number of carbonyl (C=O) groups is 2. The van der Waals surface area contributed by atoms with Crippen LogP contribution >= 0.6 is 23.1 Å². The van der Waals surface area contributed by atoms with Gasteiger partial charge in [-0.1, -0.05) is 23.9 Å². The molecule has 0 bridgehead atoms. The molecule has 4 rings (SSSR count). The molecule has 1 aliphatic heterocycles. The molecule has 0 radical (unpaired) electrons. The van der Waals surface area contributed by atoms with Gasteiger partial charge in [-0.2, -0.15) is 0 Å². The fraction of sp³-hybridized carbons (Fsp3) is 0.174. The molecule has 9 heteroatoms. The molecule has 0 unspecified atom stereocenters. The first-order valence-corrected chi connectivity index (χ1v) is 11.6. The van der Waals surface area contributed by atoms with E-state index in [-0.39, 0.29) is 24.1 Å². The first kappa shape index (κ1) is 22.0. The predicted molar refractivity (Wildman–Crippen MR) is 126 cm³/mol. The van der Waals surface area contributed by atoms with Gasteiger partial charge in [0.05, 0.1) is 19.3 Å². The van der Waals surface area contributed by atoms with Crippen molar-refractivity contribution in [1.29, 1.82) is 0 Å². The number of anilines is 1. The summed E-state index contributed by atoms with van der Waals surface area (Å²) in [7, 11) is 1.55. The van der Waals surface area contributed by atoms with Crippen LogP contribution in [0.25, 0.3) is 0 Å². The van der Waals surface area contributed by atoms with Crippen LogP contribution in [0, 0.1) is 5.82 Å². The number of benzene rings is 2. The van der Waals surface area contributed by atoms with Crippen LogP contribution in [0.15, 0.2) is 71.0 Å². The lowest BCUT2D eigenvalue weighted by Gasteiger charge is -2.31. The van der Waals surface area contributed by atoms with E-state index in [4.69, 9.17) is 4.74 Å². The Labute approximate surface area is 193 Å². The number of ether oxygens (including phenoxy) is 1. The number of halogens is 1. The number of amidine groups is 1. The molecule has 2 amide bonds. The van der Waals surface area contributed by atoms with Gasteiger partial charge in [0, 0.05) is 23.1 Å². The van der Waals surface area contributed by atoms with Gasteiger partial charge in [0.1, 0.15) is 16.8 Å². The Bertz CT molecular complexity index is 1130. The van der Waals surface area contributed by atoms with Gasteiger partial charge in [0.25, 0.3) is 0 Å². The van der Waals surface area contributed by atoms with Crippen molar-refractivity contribution in [2.45, 2.75) is 18.2 Å². The Morgan fingerprint density at radius 2 is 2.03 bits per heavy atom. The monoisotopic (exact) mass is 469 g/mol. The normalized spacial score (nSPS) is 17.4. The van der Waals surface area contributed by atoms with Crippen molar-refractivity contribution < 1.29 is 18.7 Å². The summed E-state index contributed by atoms with van der Waals surface area (Å²) in [6.45, 7) is 0.369. The summed E-state index contributed by atoms with van der Waals surface area (Å²) < 4.78 is 18.5. The third-order valence-corrected chi connectivity index (χ3v) is 6.76. The van der Waals surface area contributed by atoms with Gasteiger partial charge in [-0.25, -0.2) is 9.38 Å². The molecular weight excluding hydrogens is 449 g/mol. The molecule has 1 atom stereocenters. The minimum atomic E-state index is -0.646. The second-order valence-electron chi connectivity index (χ2n) is 6.96. The number of aliphatic imine (C=N–C) groups is 1. The number of rotatable bonds is 6. The number of nitrogens with zero attached hydrogens (tertiary/aromatic N) is 2. The lowest BCUT2D eigenvalue weighted by atomic mass is 10.2. The third-order valence-electron chi connectivity index (χ3n) is 4.71. The van der Waals surface area contributed by atoms with E-state index in [1.165, 1.54) is 36.0 Å². The predicted octanol–water partition coefficient (Wildman–Crippen LogP) is 5.06.